The lowest BCUT2D eigenvalue weighted by Crippen LogP contribution is -1.98. The van der Waals surface area contributed by atoms with Crippen molar-refractivity contribution in [2.45, 2.75) is 6.92 Å². The summed E-state index contributed by atoms with van der Waals surface area (Å²) in [6.45, 7) is 6.13. The highest BCUT2D eigenvalue weighted by Crippen LogP contribution is 2.34. The van der Waals surface area contributed by atoms with Crippen LogP contribution in [-0.2, 0) is 0 Å². The first-order valence-corrected chi connectivity index (χ1v) is 7.04. The van der Waals surface area contributed by atoms with Crippen LogP contribution in [0.2, 0.25) is 0 Å². The number of carbonyl (C=O) groups excluding carboxylic acids is 1. The Hall–Kier alpha value is -2.81. The summed E-state index contributed by atoms with van der Waals surface area (Å²) in [5, 5.41) is 0. The van der Waals surface area contributed by atoms with Gasteiger partial charge in [-0.25, -0.2) is 0 Å². The number of hydrogen-bond acceptors (Lipinski definition) is 3. The molecule has 22 heavy (non-hydrogen) atoms. The van der Waals surface area contributed by atoms with Crippen LogP contribution in [0.1, 0.15) is 22.8 Å². The molecule has 0 spiro atoms. The molecule has 0 unspecified atom stereocenters. The highest BCUT2D eigenvalue weighted by Gasteiger charge is 2.27. The van der Waals surface area contributed by atoms with E-state index < -0.39 is 0 Å². The zero-order valence-electron chi connectivity index (χ0n) is 12.3. The average Bonchev–Trinajstić information content (AvgIpc) is 2.82. The minimum absolute atomic E-state index is 0.106. The fraction of sp³-hybridized carbons (Fsp3) is 0.105. The number of allylic oxidation sites excluding steroid dienone is 1. The number of hydrogen-bond donors (Lipinski definition) is 0. The molecule has 0 aliphatic carbocycles. The molecule has 2 aromatic carbocycles. The van der Waals surface area contributed by atoms with E-state index in [9.17, 15) is 4.79 Å². The van der Waals surface area contributed by atoms with Gasteiger partial charge < -0.3 is 9.47 Å². The number of Topliss-reactive ketones (excluding diaryl/α,β-unsaturated/α-hetero) is 1. The third kappa shape index (κ3) is 2.93. The molecule has 110 valence electrons. The predicted octanol–water partition coefficient (Wildman–Crippen LogP) is 4.26. The minimum atomic E-state index is -0.106. The molecule has 0 saturated carbocycles. The van der Waals surface area contributed by atoms with Crippen molar-refractivity contribution in [3.63, 3.8) is 0 Å². The first kappa shape index (κ1) is 14.1. The lowest BCUT2D eigenvalue weighted by Gasteiger charge is -2.06. The van der Waals surface area contributed by atoms with Crippen molar-refractivity contribution in [2.75, 3.05) is 6.61 Å². The summed E-state index contributed by atoms with van der Waals surface area (Å²) in [6.07, 6.45) is 1.75. The fourth-order valence-electron chi connectivity index (χ4n) is 2.16. The summed E-state index contributed by atoms with van der Waals surface area (Å²) in [4.78, 5) is 12.3. The maximum atomic E-state index is 12.3. The molecule has 0 N–H and O–H groups in total. The smallest absolute Gasteiger partial charge is 0.231 e. The van der Waals surface area contributed by atoms with Gasteiger partial charge in [0.1, 0.15) is 18.1 Å². The molecular formula is C19H16O3. The molecule has 0 amide bonds. The first-order chi connectivity index (χ1) is 10.6. The Balaban J connectivity index is 1.84. The van der Waals surface area contributed by atoms with Gasteiger partial charge in [0, 0.05) is 6.07 Å². The molecule has 1 aliphatic rings. The van der Waals surface area contributed by atoms with Crippen molar-refractivity contribution in [3.05, 3.63) is 77.6 Å². The Morgan fingerprint density at radius 2 is 2.00 bits per heavy atom. The van der Waals surface area contributed by atoms with Crippen LogP contribution in [0.3, 0.4) is 0 Å². The van der Waals surface area contributed by atoms with Gasteiger partial charge in [0.05, 0.1) is 5.56 Å². The number of fused-ring (bicyclic) bond motifs is 1. The van der Waals surface area contributed by atoms with Gasteiger partial charge in [-0.15, -0.1) is 0 Å². The van der Waals surface area contributed by atoms with E-state index >= 15 is 0 Å². The van der Waals surface area contributed by atoms with Crippen molar-refractivity contribution >= 4 is 11.9 Å². The molecule has 0 saturated heterocycles. The van der Waals surface area contributed by atoms with Gasteiger partial charge in [0.25, 0.3) is 0 Å². The van der Waals surface area contributed by atoms with Gasteiger partial charge in [-0.1, -0.05) is 36.9 Å². The predicted molar refractivity (Wildman–Crippen MR) is 86.1 cm³/mol. The second-order valence-corrected chi connectivity index (χ2v) is 5.25. The molecule has 1 heterocycles. The Labute approximate surface area is 129 Å². The fourth-order valence-corrected chi connectivity index (χ4v) is 2.16. The van der Waals surface area contributed by atoms with Crippen LogP contribution < -0.4 is 9.47 Å². The van der Waals surface area contributed by atoms with Crippen LogP contribution in [-0.4, -0.2) is 12.4 Å². The van der Waals surface area contributed by atoms with E-state index in [0.29, 0.717) is 29.4 Å². The van der Waals surface area contributed by atoms with Gasteiger partial charge in [-0.2, -0.15) is 0 Å². The normalized spacial score (nSPS) is 14.6. The second kappa shape index (κ2) is 5.90. The van der Waals surface area contributed by atoms with E-state index in [1.807, 2.05) is 37.3 Å². The lowest BCUT2D eigenvalue weighted by molar-refractivity contribution is 0.101. The van der Waals surface area contributed by atoms with Crippen molar-refractivity contribution < 1.29 is 14.3 Å². The molecular weight excluding hydrogens is 276 g/mol. The lowest BCUT2D eigenvalue weighted by atomic mass is 10.1. The van der Waals surface area contributed by atoms with Crippen LogP contribution >= 0.6 is 0 Å². The summed E-state index contributed by atoms with van der Waals surface area (Å²) >= 11 is 0. The van der Waals surface area contributed by atoms with Crippen LogP contribution in [0.5, 0.6) is 11.5 Å². The van der Waals surface area contributed by atoms with Gasteiger partial charge in [-0.3, -0.25) is 4.79 Å². The quantitative estimate of drug-likeness (QED) is 0.624. The maximum Gasteiger partial charge on any atom is 0.231 e. The Morgan fingerprint density at radius 1 is 1.23 bits per heavy atom. The molecule has 0 radical (unpaired) electrons. The third-order valence-corrected chi connectivity index (χ3v) is 3.22. The standard InChI is InChI=1S/C19H16O3/c1-13(2)12-21-15-8-9-16-17(11-15)22-18(19(16)20)10-14-6-4-3-5-7-14/h3-11H,1,12H2,2H3/b18-10-. The van der Waals surface area contributed by atoms with Crippen molar-refractivity contribution in [3.8, 4) is 11.5 Å². The topological polar surface area (TPSA) is 35.5 Å². The number of ether oxygens (including phenoxy) is 2. The summed E-state index contributed by atoms with van der Waals surface area (Å²) < 4.78 is 11.3. The van der Waals surface area contributed by atoms with Crippen molar-refractivity contribution in [1.82, 2.24) is 0 Å². The number of carbonyl (C=O) groups is 1. The number of ketones is 1. The molecule has 0 atom stereocenters. The Kier molecular flexibility index (Phi) is 3.79. The Bertz CT molecular complexity index is 758. The molecule has 3 rings (SSSR count). The number of rotatable bonds is 4. The second-order valence-electron chi connectivity index (χ2n) is 5.25. The highest BCUT2D eigenvalue weighted by atomic mass is 16.5. The van der Waals surface area contributed by atoms with Crippen LogP contribution in [0.4, 0.5) is 0 Å². The largest absolute Gasteiger partial charge is 0.489 e. The monoisotopic (exact) mass is 292 g/mol. The van der Waals surface area contributed by atoms with Crippen LogP contribution in [0, 0.1) is 0 Å². The SMILES string of the molecule is C=C(C)COc1ccc2c(c1)O/C(=C\c1ccccc1)C2=O. The zero-order chi connectivity index (χ0) is 15.5. The average molecular weight is 292 g/mol. The molecule has 2 aromatic rings. The first-order valence-electron chi connectivity index (χ1n) is 7.04. The highest BCUT2D eigenvalue weighted by molar-refractivity contribution is 6.14. The maximum absolute atomic E-state index is 12.3. The molecule has 3 heteroatoms. The van der Waals surface area contributed by atoms with Crippen LogP contribution in [0.25, 0.3) is 6.08 Å². The third-order valence-electron chi connectivity index (χ3n) is 3.22. The van der Waals surface area contributed by atoms with E-state index in [1.54, 1.807) is 24.3 Å². The van der Waals surface area contributed by atoms with Gasteiger partial charge in [0.2, 0.25) is 5.78 Å². The molecule has 0 aromatic heterocycles. The van der Waals surface area contributed by atoms with Crippen molar-refractivity contribution in [2.24, 2.45) is 0 Å². The van der Waals surface area contributed by atoms with Gasteiger partial charge in [-0.05, 0) is 36.3 Å². The molecule has 1 aliphatic heterocycles. The van der Waals surface area contributed by atoms with E-state index in [4.69, 9.17) is 9.47 Å². The van der Waals surface area contributed by atoms with E-state index in [-0.39, 0.29) is 5.78 Å². The summed E-state index contributed by atoms with van der Waals surface area (Å²) in [5.74, 6) is 1.42. The molecule has 0 fully saturated rings. The van der Waals surface area contributed by atoms with E-state index in [1.165, 1.54) is 0 Å². The minimum Gasteiger partial charge on any atom is -0.489 e. The number of benzene rings is 2. The summed E-state index contributed by atoms with van der Waals surface area (Å²) in [5.41, 5.74) is 2.42. The molecule has 3 nitrogen and oxygen atoms in total. The zero-order valence-corrected chi connectivity index (χ0v) is 12.3. The summed E-state index contributed by atoms with van der Waals surface area (Å²) in [6, 6.07) is 14.9. The van der Waals surface area contributed by atoms with E-state index in [2.05, 4.69) is 6.58 Å². The van der Waals surface area contributed by atoms with Crippen molar-refractivity contribution in [1.29, 1.82) is 0 Å². The Morgan fingerprint density at radius 3 is 2.73 bits per heavy atom. The van der Waals surface area contributed by atoms with Gasteiger partial charge in [0.15, 0.2) is 5.76 Å². The summed E-state index contributed by atoms with van der Waals surface area (Å²) in [7, 11) is 0. The van der Waals surface area contributed by atoms with Gasteiger partial charge >= 0.3 is 0 Å². The van der Waals surface area contributed by atoms with Crippen LogP contribution in [0.15, 0.2) is 66.4 Å². The van der Waals surface area contributed by atoms with E-state index in [0.717, 1.165) is 11.1 Å². The molecule has 0 bridgehead atoms.